The van der Waals surface area contributed by atoms with Crippen molar-refractivity contribution in [3.63, 3.8) is 0 Å². The van der Waals surface area contributed by atoms with Crippen LogP contribution in [0.2, 0.25) is 0 Å². The molecule has 6 nitrogen and oxygen atoms in total. The maximum Gasteiger partial charge on any atom is 0.418 e. The van der Waals surface area contributed by atoms with Crippen LogP contribution >= 0.6 is 0 Å². The molecule has 3 rings (SSSR count). The zero-order chi connectivity index (χ0) is 22.8. The molecule has 0 aliphatic carbocycles. The third kappa shape index (κ3) is 5.12. The first-order chi connectivity index (χ1) is 14.5. The number of rotatable bonds is 5. The Kier molecular flexibility index (Phi) is 6.49. The Morgan fingerprint density at radius 3 is 2.39 bits per heavy atom. The number of piperidine rings is 1. The van der Waals surface area contributed by atoms with Crippen LogP contribution in [0.5, 0.6) is 5.75 Å². The number of hydrogen-bond donors (Lipinski definition) is 1. The number of nitrogens with one attached hydrogen (secondary N) is 1. The standard InChI is InChI=1S/C21H23F3N2O4S/c1-14-9-11-26(12-10-14)20(27)16-13-15(7-8-19(16)30-2)31(28,29)25-18-6-4-3-5-17(18)21(22,23)24/h3-8,13-14,25H,9-12H2,1-2H3. The lowest BCUT2D eigenvalue weighted by Gasteiger charge is -2.30. The Morgan fingerprint density at radius 1 is 1.13 bits per heavy atom. The summed E-state index contributed by atoms with van der Waals surface area (Å²) in [5.41, 5.74) is -1.65. The maximum atomic E-state index is 13.2. The van der Waals surface area contributed by atoms with E-state index in [-0.39, 0.29) is 22.1 Å². The van der Waals surface area contributed by atoms with Gasteiger partial charge in [-0.15, -0.1) is 0 Å². The van der Waals surface area contributed by atoms with Gasteiger partial charge in [0.05, 0.1) is 28.8 Å². The van der Waals surface area contributed by atoms with Crippen LogP contribution < -0.4 is 9.46 Å². The van der Waals surface area contributed by atoms with E-state index >= 15 is 0 Å². The SMILES string of the molecule is COc1ccc(S(=O)(=O)Nc2ccccc2C(F)(F)F)cc1C(=O)N1CCC(C)CC1. The summed E-state index contributed by atoms with van der Waals surface area (Å²) in [5.74, 6) is 0.310. The van der Waals surface area contributed by atoms with E-state index in [1.165, 1.54) is 31.4 Å². The van der Waals surface area contributed by atoms with Crippen LogP contribution in [0.25, 0.3) is 0 Å². The predicted octanol–water partition coefficient (Wildman–Crippen LogP) is 4.39. The van der Waals surface area contributed by atoms with Gasteiger partial charge in [0.15, 0.2) is 0 Å². The van der Waals surface area contributed by atoms with Crippen molar-refractivity contribution >= 4 is 21.6 Å². The first-order valence-corrected chi connectivity index (χ1v) is 11.2. The number of carbonyl (C=O) groups excluding carboxylic acids is 1. The number of anilines is 1. The van der Waals surface area contributed by atoms with E-state index in [2.05, 4.69) is 6.92 Å². The monoisotopic (exact) mass is 456 g/mol. The average Bonchev–Trinajstić information content (AvgIpc) is 2.72. The summed E-state index contributed by atoms with van der Waals surface area (Å²) in [5, 5.41) is 0. The van der Waals surface area contributed by atoms with Crippen molar-refractivity contribution < 1.29 is 31.1 Å². The Balaban J connectivity index is 1.94. The van der Waals surface area contributed by atoms with Crippen LogP contribution in [-0.4, -0.2) is 39.4 Å². The molecule has 1 N–H and O–H groups in total. The molecule has 0 radical (unpaired) electrons. The van der Waals surface area contributed by atoms with Crippen molar-refractivity contribution in [2.45, 2.75) is 30.8 Å². The molecule has 0 saturated carbocycles. The summed E-state index contributed by atoms with van der Waals surface area (Å²) in [7, 11) is -3.04. The van der Waals surface area contributed by atoms with Crippen molar-refractivity contribution in [3.05, 3.63) is 53.6 Å². The molecule has 0 aromatic heterocycles. The van der Waals surface area contributed by atoms with Crippen LogP contribution in [-0.2, 0) is 16.2 Å². The van der Waals surface area contributed by atoms with Crippen LogP contribution in [0.4, 0.5) is 18.9 Å². The third-order valence-electron chi connectivity index (χ3n) is 5.26. The second-order valence-electron chi connectivity index (χ2n) is 7.49. The molecule has 1 saturated heterocycles. The lowest BCUT2D eigenvalue weighted by Crippen LogP contribution is -2.38. The van der Waals surface area contributed by atoms with Gasteiger partial charge in [0.25, 0.3) is 15.9 Å². The molecule has 168 valence electrons. The van der Waals surface area contributed by atoms with E-state index in [0.29, 0.717) is 19.0 Å². The van der Waals surface area contributed by atoms with E-state index < -0.39 is 27.5 Å². The number of carbonyl (C=O) groups is 1. The quantitative estimate of drug-likeness (QED) is 0.724. The molecule has 10 heteroatoms. The molecule has 0 atom stereocenters. The second kappa shape index (κ2) is 8.78. The van der Waals surface area contributed by atoms with Crippen molar-refractivity contribution in [1.82, 2.24) is 4.90 Å². The van der Waals surface area contributed by atoms with Crippen molar-refractivity contribution in [3.8, 4) is 5.75 Å². The number of halogens is 3. The molecule has 0 unspecified atom stereocenters. The topological polar surface area (TPSA) is 75.7 Å². The summed E-state index contributed by atoms with van der Waals surface area (Å²) in [6.45, 7) is 3.18. The van der Waals surface area contributed by atoms with E-state index in [4.69, 9.17) is 4.74 Å². The van der Waals surface area contributed by atoms with Gasteiger partial charge >= 0.3 is 6.18 Å². The van der Waals surface area contributed by atoms with Crippen molar-refractivity contribution in [1.29, 1.82) is 0 Å². The number of nitrogens with zero attached hydrogens (tertiary/aromatic N) is 1. The summed E-state index contributed by atoms with van der Waals surface area (Å²) < 4.78 is 72.5. The number of benzene rings is 2. The second-order valence-corrected chi connectivity index (χ2v) is 9.17. The molecule has 1 aliphatic rings. The van der Waals surface area contributed by atoms with Crippen molar-refractivity contribution in [2.24, 2.45) is 5.92 Å². The fourth-order valence-corrected chi connectivity index (χ4v) is 4.53. The molecular formula is C21H23F3N2O4S. The van der Waals surface area contributed by atoms with Crippen LogP contribution in [0.1, 0.15) is 35.7 Å². The largest absolute Gasteiger partial charge is 0.496 e. The predicted molar refractivity (Wildman–Crippen MR) is 110 cm³/mol. The van der Waals surface area contributed by atoms with Gasteiger partial charge in [-0.3, -0.25) is 9.52 Å². The molecule has 1 heterocycles. The van der Waals surface area contributed by atoms with Gasteiger partial charge in [-0.05, 0) is 49.1 Å². The molecule has 31 heavy (non-hydrogen) atoms. The normalized spacial score (nSPS) is 15.6. The van der Waals surface area contributed by atoms with Crippen LogP contribution in [0, 0.1) is 5.92 Å². The zero-order valence-corrected chi connectivity index (χ0v) is 17.9. The first-order valence-electron chi connectivity index (χ1n) is 9.69. The Hall–Kier alpha value is -2.75. The van der Waals surface area contributed by atoms with E-state index in [9.17, 15) is 26.4 Å². The summed E-state index contributed by atoms with van der Waals surface area (Å²) >= 11 is 0. The number of alkyl halides is 3. The first kappa shape index (κ1) is 22.9. The van der Waals surface area contributed by atoms with Gasteiger partial charge in [-0.1, -0.05) is 19.1 Å². The van der Waals surface area contributed by atoms with Gasteiger partial charge in [0.1, 0.15) is 5.75 Å². The number of para-hydroxylation sites is 1. The highest BCUT2D eigenvalue weighted by molar-refractivity contribution is 7.92. The number of likely N-dealkylation sites (tertiary alicyclic amines) is 1. The smallest absolute Gasteiger partial charge is 0.418 e. The van der Waals surface area contributed by atoms with Gasteiger partial charge in [-0.2, -0.15) is 13.2 Å². The molecule has 2 aromatic rings. The Bertz CT molecular complexity index is 1060. The molecule has 1 amide bonds. The highest BCUT2D eigenvalue weighted by Gasteiger charge is 2.34. The molecule has 0 spiro atoms. The Labute approximate surface area is 179 Å². The van der Waals surface area contributed by atoms with Crippen LogP contribution in [0.15, 0.2) is 47.4 Å². The summed E-state index contributed by atoms with van der Waals surface area (Å²) in [4.78, 5) is 14.3. The fourth-order valence-electron chi connectivity index (χ4n) is 3.43. The zero-order valence-electron chi connectivity index (χ0n) is 17.1. The molecular weight excluding hydrogens is 433 g/mol. The highest BCUT2D eigenvalue weighted by atomic mass is 32.2. The van der Waals surface area contributed by atoms with Gasteiger partial charge in [0.2, 0.25) is 0 Å². The summed E-state index contributed by atoms with van der Waals surface area (Å²) in [6.07, 6.45) is -3.06. The minimum Gasteiger partial charge on any atom is -0.496 e. The lowest BCUT2D eigenvalue weighted by molar-refractivity contribution is -0.136. The number of amides is 1. The van der Waals surface area contributed by atoms with Crippen molar-refractivity contribution in [2.75, 3.05) is 24.9 Å². The van der Waals surface area contributed by atoms with Gasteiger partial charge in [-0.25, -0.2) is 8.42 Å². The summed E-state index contributed by atoms with van der Waals surface area (Å²) in [6, 6.07) is 7.94. The average molecular weight is 456 g/mol. The molecule has 1 aliphatic heterocycles. The third-order valence-corrected chi connectivity index (χ3v) is 6.62. The number of hydrogen-bond acceptors (Lipinski definition) is 4. The molecule has 2 aromatic carbocycles. The molecule has 1 fully saturated rings. The highest BCUT2D eigenvalue weighted by Crippen LogP contribution is 2.36. The minimum absolute atomic E-state index is 0.0454. The number of sulfonamides is 1. The fraction of sp³-hybridized carbons (Fsp3) is 0.381. The van der Waals surface area contributed by atoms with E-state index in [1.54, 1.807) is 4.90 Å². The Morgan fingerprint density at radius 2 is 1.77 bits per heavy atom. The van der Waals surface area contributed by atoms with E-state index in [1.807, 2.05) is 4.72 Å². The number of methoxy groups -OCH3 is 1. The van der Waals surface area contributed by atoms with E-state index in [0.717, 1.165) is 31.0 Å². The maximum absolute atomic E-state index is 13.2. The number of ether oxygens (including phenoxy) is 1. The van der Waals surface area contributed by atoms with Gasteiger partial charge in [0, 0.05) is 13.1 Å². The lowest BCUT2D eigenvalue weighted by atomic mass is 9.98. The molecule has 0 bridgehead atoms. The van der Waals surface area contributed by atoms with Crippen LogP contribution in [0.3, 0.4) is 0 Å². The minimum atomic E-state index is -4.73. The van der Waals surface area contributed by atoms with Gasteiger partial charge < -0.3 is 9.64 Å².